The van der Waals surface area contributed by atoms with Gasteiger partial charge in [0.25, 0.3) is 0 Å². The maximum atomic E-state index is 11.3. The minimum atomic E-state index is 0.0257. The van der Waals surface area contributed by atoms with E-state index in [2.05, 4.69) is 41.7 Å². The van der Waals surface area contributed by atoms with Crippen molar-refractivity contribution in [2.75, 3.05) is 0 Å². The van der Waals surface area contributed by atoms with E-state index in [4.69, 9.17) is 0 Å². The third-order valence-corrected chi connectivity index (χ3v) is 5.06. The van der Waals surface area contributed by atoms with Gasteiger partial charge in [-0.25, -0.2) is 0 Å². The van der Waals surface area contributed by atoms with E-state index in [0.29, 0.717) is 15.0 Å². The number of nitrogens with one attached hydrogen (secondary N) is 1. The van der Waals surface area contributed by atoms with Gasteiger partial charge in [0.2, 0.25) is 0 Å². The second-order valence-electron chi connectivity index (χ2n) is 4.29. The first-order valence-corrected chi connectivity index (χ1v) is 8.32. The summed E-state index contributed by atoms with van der Waals surface area (Å²) in [6.07, 6.45) is 0. The average Bonchev–Trinajstić information content (AvgIpc) is 2.45. The van der Waals surface area contributed by atoms with Crippen LogP contribution in [-0.4, -0.2) is 20.9 Å². The molecule has 0 aromatic heterocycles. The van der Waals surface area contributed by atoms with E-state index in [0.717, 1.165) is 5.32 Å². The van der Waals surface area contributed by atoms with E-state index in [1.807, 2.05) is 24.3 Å². The van der Waals surface area contributed by atoms with Crippen LogP contribution in [0.4, 0.5) is 0 Å². The van der Waals surface area contributed by atoms with Gasteiger partial charge in [0, 0.05) is 0 Å². The third kappa shape index (κ3) is 4.55. The van der Waals surface area contributed by atoms with Gasteiger partial charge in [-0.2, -0.15) is 0 Å². The molecule has 19 heavy (non-hydrogen) atoms. The van der Waals surface area contributed by atoms with Crippen LogP contribution in [0.2, 0.25) is 5.32 Å². The first-order valence-electron chi connectivity index (χ1n) is 6.25. The Morgan fingerprint density at radius 1 is 1.05 bits per heavy atom. The summed E-state index contributed by atoms with van der Waals surface area (Å²) < 4.78 is 1.36. The van der Waals surface area contributed by atoms with Crippen LogP contribution in [0.15, 0.2) is 60.7 Å². The van der Waals surface area contributed by atoms with Crippen LogP contribution >= 0.6 is 0 Å². The Labute approximate surface area is 120 Å². The third-order valence-electron chi connectivity index (χ3n) is 2.74. The van der Waals surface area contributed by atoms with Crippen molar-refractivity contribution in [3.8, 4) is 0 Å². The summed E-state index contributed by atoms with van der Waals surface area (Å²) in [5.74, 6) is 0.0257. The number of hydrogen-bond donors (Lipinski definition) is 1. The quantitative estimate of drug-likeness (QED) is 0.842. The van der Waals surface area contributed by atoms with Gasteiger partial charge in [0.1, 0.15) is 0 Å². The van der Waals surface area contributed by atoms with Crippen molar-refractivity contribution in [1.82, 2.24) is 5.32 Å². The summed E-state index contributed by atoms with van der Waals surface area (Å²) in [7, 11) is 0. The van der Waals surface area contributed by atoms with Gasteiger partial charge in [-0.1, -0.05) is 0 Å². The fourth-order valence-electron chi connectivity index (χ4n) is 1.85. The van der Waals surface area contributed by atoms with Gasteiger partial charge < -0.3 is 0 Å². The molecular formula is C16H17NOSe. The zero-order valence-electron chi connectivity index (χ0n) is 10.9. The first-order chi connectivity index (χ1) is 9.25. The average molecular weight is 318 g/mol. The van der Waals surface area contributed by atoms with Crippen LogP contribution in [0.5, 0.6) is 0 Å². The molecule has 0 aliphatic heterocycles. The van der Waals surface area contributed by atoms with Crippen molar-refractivity contribution in [1.29, 1.82) is 0 Å². The molecule has 0 bridgehead atoms. The Morgan fingerprint density at radius 2 is 1.63 bits per heavy atom. The van der Waals surface area contributed by atoms with E-state index < -0.39 is 0 Å². The van der Waals surface area contributed by atoms with Crippen molar-refractivity contribution in [2.24, 2.45) is 0 Å². The summed E-state index contributed by atoms with van der Waals surface area (Å²) in [4.78, 5) is 11.3. The predicted molar refractivity (Wildman–Crippen MR) is 79.6 cm³/mol. The van der Waals surface area contributed by atoms with Crippen molar-refractivity contribution in [2.45, 2.75) is 18.3 Å². The molecule has 1 atom stereocenters. The van der Waals surface area contributed by atoms with E-state index in [1.165, 1.54) is 10.0 Å². The normalized spacial score (nSPS) is 11.8. The van der Waals surface area contributed by atoms with Crippen LogP contribution in [0.3, 0.4) is 0 Å². The first kappa shape index (κ1) is 13.9. The Hall–Kier alpha value is -1.57. The van der Waals surface area contributed by atoms with Crippen LogP contribution in [0.1, 0.15) is 18.5 Å². The Balaban J connectivity index is 2.04. The number of carbonyl (C=O) groups is 1. The molecule has 2 rings (SSSR count). The molecule has 98 valence electrons. The summed E-state index contributed by atoms with van der Waals surface area (Å²) >= 11 is 0.365. The molecule has 2 aromatic carbocycles. The van der Waals surface area contributed by atoms with Crippen molar-refractivity contribution in [3.05, 3.63) is 66.2 Å². The minimum absolute atomic E-state index is 0.0257. The molecule has 1 amide bonds. The van der Waals surface area contributed by atoms with E-state index >= 15 is 0 Å². The summed E-state index contributed by atoms with van der Waals surface area (Å²) in [6.45, 7) is 1.57. The standard InChI is InChI=1S/C16H17NOSe/c1-13(18)17-16(14-8-4-2-5-9-14)12-19-15-10-6-3-7-11-15/h2-11,16H,12H2,1H3,(H,17,18). The number of hydrogen-bond acceptors (Lipinski definition) is 1. The zero-order valence-corrected chi connectivity index (χ0v) is 12.6. The molecule has 0 saturated heterocycles. The fraction of sp³-hybridized carbons (Fsp3) is 0.188. The fourth-order valence-corrected chi connectivity index (χ4v) is 3.91. The molecule has 0 fully saturated rings. The van der Waals surface area contributed by atoms with Crippen molar-refractivity contribution < 1.29 is 4.79 Å². The number of benzene rings is 2. The van der Waals surface area contributed by atoms with Crippen molar-refractivity contribution >= 4 is 25.3 Å². The van der Waals surface area contributed by atoms with E-state index in [-0.39, 0.29) is 11.9 Å². The van der Waals surface area contributed by atoms with Crippen LogP contribution in [0.25, 0.3) is 0 Å². The maximum absolute atomic E-state index is 11.3. The summed E-state index contributed by atoms with van der Waals surface area (Å²) in [5, 5.41) is 4.02. The molecule has 0 saturated carbocycles. The van der Waals surface area contributed by atoms with Gasteiger partial charge in [0.05, 0.1) is 0 Å². The molecule has 2 nitrogen and oxygen atoms in total. The SMILES string of the molecule is CC(=O)NC(C[Se]c1ccccc1)c1ccccc1. The monoisotopic (exact) mass is 319 g/mol. The van der Waals surface area contributed by atoms with Crippen LogP contribution < -0.4 is 9.78 Å². The van der Waals surface area contributed by atoms with Gasteiger partial charge in [-0.05, 0) is 0 Å². The van der Waals surface area contributed by atoms with E-state index in [9.17, 15) is 4.79 Å². The zero-order chi connectivity index (χ0) is 13.5. The Morgan fingerprint density at radius 3 is 2.21 bits per heavy atom. The Kier molecular flexibility index (Phi) is 5.19. The molecule has 0 radical (unpaired) electrons. The van der Waals surface area contributed by atoms with Crippen molar-refractivity contribution in [3.63, 3.8) is 0 Å². The number of rotatable bonds is 5. The molecule has 0 heterocycles. The second-order valence-corrected chi connectivity index (χ2v) is 6.58. The second kappa shape index (κ2) is 7.13. The van der Waals surface area contributed by atoms with Gasteiger partial charge in [-0.3, -0.25) is 0 Å². The molecule has 3 heteroatoms. The molecule has 0 aliphatic rings. The molecule has 0 aliphatic carbocycles. The topological polar surface area (TPSA) is 29.1 Å². The van der Waals surface area contributed by atoms with Crippen LogP contribution in [-0.2, 0) is 4.79 Å². The predicted octanol–water partition coefficient (Wildman–Crippen LogP) is 2.31. The molecule has 1 N–H and O–H groups in total. The molecule has 1 unspecified atom stereocenters. The summed E-state index contributed by atoms with van der Waals surface area (Å²) in [6, 6.07) is 20.7. The molecule has 2 aromatic rings. The summed E-state index contributed by atoms with van der Waals surface area (Å²) in [5.41, 5.74) is 1.18. The van der Waals surface area contributed by atoms with Gasteiger partial charge >= 0.3 is 120 Å². The number of amides is 1. The van der Waals surface area contributed by atoms with Gasteiger partial charge in [-0.15, -0.1) is 0 Å². The van der Waals surface area contributed by atoms with Gasteiger partial charge in [0.15, 0.2) is 0 Å². The molecular weight excluding hydrogens is 301 g/mol. The van der Waals surface area contributed by atoms with Crippen LogP contribution in [0, 0.1) is 0 Å². The number of carbonyl (C=O) groups excluding carboxylic acids is 1. The Bertz CT molecular complexity index is 513. The molecule has 0 spiro atoms. The van der Waals surface area contributed by atoms with E-state index in [1.54, 1.807) is 6.92 Å².